The number of aliphatic imine (C=N–C) groups is 1. The summed E-state index contributed by atoms with van der Waals surface area (Å²) in [7, 11) is 0. The standard InChI is InChI=1S/C11H23N3O2S2.O.Tc/c1-2-3-12-10(15)8-14(5-7-18)9-11(16)13-4-6-17;;/h17-18H,2-9H2,1H3,(H,12,15)(H,13,16);;/q;;+3/p-3/i;;1+1. The Kier molecular flexibility index (Phi) is 19.1. The Bertz CT molecular complexity index is 284. The van der Waals surface area contributed by atoms with Crippen molar-refractivity contribution in [3.05, 3.63) is 0 Å². The van der Waals surface area contributed by atoms with E-state index < -0.39 is 0 Å². The molecule has 6 nitrogen and oxygen atoms in total. The van der Waals surface area contributed by atoms with E-state index in [1.165, 1.54) is 0 Å². The van der Waals surface area contributed by atoms with Gasteiger partial charge in [0.05, 0.1) is 6.54 Å². The molecule has 0 aromatic rings. The molecule has 20 heavy (non-hydrogen) atoms. The van der Waals surface area contributed by atoms with E-state index in [-0.39, 0.29) is 24.9 Å². The average Bonchev–Trinajstić information content (AvgIpc) is 2.45. The average molecular weight is 405 g/mol. The van der Waals surface area contributed by atoms with Crippen LogP contribution >= 0.6 is 0 Å². The number of amides is 1. The molecular formula is C11H20N3O3S2Tc. The molecule has 116 valence electrons. The zero-order valence-electron chi connectivity index (χ0n) is 11.5. The number of hydrogen-bond acceptors (Lipinski definition) is 7. The van der Waals surface area contributed by atoms with Gasteiger partial charge in [-0.25, -0.2) is 0 Å². The van der Waals surface area contributed by atoms with E-state index in [0.29, 0.717) is 31.1 Å². The van der Waals surface area contributed by atoms with Crippen LogP contribution in [0.4, 0.5) is 0 Å². The molecule has 0 saturated carbocycles. The number of carbonyl (C=O) groups excluding carboxylic acids is 1. The van der Waals surface area contributed by atoms with Gasteiger partial charge >= 0.3 is 22.4 Å². The van der Waals surface area contributed by atoms with Gasteiger partial charge in [-0.3, -0.25) is 9.69 Å². The van der Waals surface area contributed by atoms with Crippen LogP contribution < -0.4 is 10.4 Å². The van der Waals surface area contributed by atoms with Crippen LogP contribution in [-0.2, 0) is 52.4 Å². The second-order valence-corrected chi connectivity index (χ2v) is 4.56. The first-order valence-electron chi connectivity index (χ1n) is 6.15. The molecule has 1 amide bonds. The molecule has 0 rings (SSSR count). The third-order valence-electron chi connectivity index (χ3n) is 2.09. The summed E-state index contributed by atoms with van der Waals surface area (Å²) in [4.78, 5) is 17.0. The Morgan fingerprint density at radius 2 is 1.95 bits per heavy atom. The summed E-state index contributed by atoms with van der Waals surface area (Å²) in [5.41, 5.74) is 0. The molecular weight excluding hydrogens is 385 g/mol. The molecule has 1 N–H and O–H groups in total. The SMILES string of the molecule is CCCNC(=O)CN(CC[S-])CC([O-])=NCC[S-].[O]=[99Tc+3]. The topological polar surface area (TPSA) is 84.8 Å². The second-order valence-electron chi connectivity index (χ2n) is 3.74. The number of nitrogens with one attached hydrogen (secondary N) is 1. The fraction of sp³-hybridized carbons (Fsp3) is 0.818. The Balaban J connectivity index is 0. The van der Waals surface area contributed by atoms with Gasteiger partial charge in [-0.2, -0.15) is 11.5 Å². The Morgan fingerprint density at radius 3 is 2.45 bits per heavy atom. The summed E-state index contributed by atoms with van der Waals surface area (Å²) < 4.78 is 8.22. The van der Waals surface area contributed by atoms with Crippen molar-refractivity contribution < 1.29 is 32.3 Å². The molecule has 0 aliphatic carbocycles. The van der Waals surface area contributed by atoms with Crippen molar-refractivity contribution in [3.63, 3.8) is 0 Å². The minimum atomic E-state index is -0.244. The Morgan fingerprint density at radius 1 is 1.30 bits per heavy atom. The first kappa shape index (κ1) is 22.3. The molecule has 0 bridgehead atoms. The Labute approximate surface area is 142 Å². The van der Waals surface area contributed by atoms with Crippen molar-refractivity contribution in [1.29, 1.82) is 0 Å². The minimum absolute atomic E-state index is 0.0867. The van der Waals surface area contributed by atoms with Crippen molar-refractivity contribution in [2.24, 2.45) is 4.99 Å². The molecule has 0 aliphatic heterocycles. The van der Waals surface area contributed by atoms with E-state index in [4.69, 9.17) is 28.8 Å². The number of carbonyl (C=O) groups is 1. The maximum atomic E-state index is 11.5. The van der Waals surface area contributed by atoms with Gasteiger partial charge in [-0.05, 0) is 18.9 Å². The van der Waals surface area contributed by atoms with E-state index in [2.05, 4.69) is 10.3 Å². The summed E-state index contributed by atoms with van der Waals surface area (Å²) in [6, 6.07) is 0. The molecule has 0 spiro atoms. The van der Waals surface area contributed by atoms with Gasteiger partial charge in [-0.15, -0.1) is 0 Å². The fourth-order valence-electron chi connectivity index (χ4n) is 1.28. The molecule has 0 aliphatic rings. The summed E-state index contributed by atoms with van der Waals surface area (Å²) in [5, 5.41) is 14.2. The van der Waals surface area contributed by atoms with Gasteiger partial charge in [0.25, 0.3) is 0 Å². The van der Waals surface area contributed by atoms with Crippen molar-refractivity contribution >= 4 is 37.1 Å². The van der Waals surface area contributed by atoms with Crippen LogP contribution in [0.5, 0.6) is 0 Å². The van der Waals surface area contributed by atoms with E-state index in [1.807, 2.05) is 6.92 Å². The van der Waals surface area contributed by atoms with E-state index in [9.17, 15) is 9.90 Å². The Hall–Kier alpha value is 0.0494. The van der Waals surface area contributed by atoms with Crippen LogP contribution in [0.2, 0.25) is 0 Å². The molecule has 0 fully saturated rings. The van der Waals surface area contributed by atoms with Crippen LogP contribution in [0.25, 0.3) is 0 Å². The fourth-order valence-corrected chi connectivity index (χ4v) is 1.63. The maximum absolute atomic E-state index is 11.5. The van der Waals surface area contributed by atoms with E-state index in [1.54, 1.807) is 4.90 Å². The number of hydrogen-bond donors (Lipinski definition) is 1. The third-order valence-corrected chi connectivity index (χ3v) is 2.45. The zero-order valence-corrected chi connectivity index (χ0v) is 15.0. The normalized spacial score (nSPS) is 10.8. The van der Waals surface area contributed by atoms with Gasteiger partial charge in [0.1, 0.15) is 0 Å². The van der Waals surface area contributed by atoms with Crippen molar-refractivity contribution in [2.45, 2.75) is 13.3 Å². The quantitative estimate of drug-likeness (QED) is 0.272. The van der Waals surface area contributed by atoms with Gasteiger partial charge in [0.2, 0.25) is 5.91 Å². The van der Waals surface area contributed by atoms with E-state index in [0.717, 1.165) is 25.3 Å². The first-order valence-corrected chi connectivity index (χ1v) is 8.06. The zero-order chi connectivity index (χ0) is 15.8. The van der Waals surface area contributed by atoms with Crippen molar-refractivity contribution in [3.8, 4) is 0 Å². The van der Waals surface area contributed by atoms with Crippen LogP contribution in [0.1, 0.15) is 13.3 Å². The van der Waals surface area contributed by atoms with Crippen molar-refractivity contribution in [2.75, 3.05) is 44.2 Å². The molecule has 0 saturated heterocycles. The predicted octanol–water partition coefficient (Wildman–Crippen LogP) is -1.45. The molecule has 0 aromatic carbocycles. The van der Waals surface area contributed by atoms with Gasteiger partial charge in [0.15, 0.2) is 0 Å². The van der Waals surface area contributed by atoms with Gasteiger partial charge < -0.3 is 40.7 Å². The molecule has 9 heteroatoms. The number of rotatable bonds is 10. The van der Waals surface area contributed by atoms with Crippen LogP contribution in [-0.4, -0.2) is 60.9 Å². The van der Waals surface area contributed by atoms with Gasteiger partial charge in [-0.1, -0.05) is 6.92 Å². The van der Waals surface area contributed by atoms with Crippen LogP contribution in [0.3, 0.4) is 0 Å². The van der Waals surface area contributed by atoms with E-state index >= 15 is 0 Å². The summed E-state index contributed by atoms with van der Waals surface area (Å²) in [5.74, 6) is 0.585. The monoisotopic (exact) mass is 405 g/mol. The molecule has 0 heterocycles. The second kappa shape index (κ2) is 17.1. The summed E-state index contributed by atoms with van der Waals surface area (Å²) in [6.45, 7) is 3.84. The third kappa shape index (κ3) is 14.5. The van der Waals surface area contributed by atoms with Crippen LogP contribution in [0, 0.1) is 0 Å². The number of nitrogens with zero attached hydrogens (tertiary/aromatic N) is 2. The first-order chi connectivity index (χ1) is 9.63. The van der Waals surface area contributed by atoms with Crippen LogP contribution in [0.15, 0.2) is 4.99 Å². The molecule has 0 radical (unpaired) electrons. The van der Waals surface area contributed by atoms with Crippen molar-refractivity contribution in [1.82, 2.24) is 10.2 Å². The van der Waals surface area contributed by atoms with Gasteiger partial charge in [0, 0.05) is 19.6 Å². The molecule has 0 atom stereocenters. The predicted molar refractivity (Wildman–Crippen MR) is 77.2 cm³/mol. The summed E-state index contributed by atoms with van der Waals surface area (Å²) in [6.07, 6.45) is 0.889. The summed E-state index contributed by atoms with van der Waals surface area (Å²) >= 11 is 10.5. The molecule has 0 aromatic heterocycles. The molecule has 0 unspecified atom stereocenters.